The second-order valence-electron chi connectivity index (χ2n) is 6.23. The Bertz CT molecular complexity index is 658. The van der Waals surface area contributed by atoms with Crippen LogP contribution in [0.5, 0.6) is 0 Å². The molecular formula is C16H25N3O3S. The topological polar surface area (TPSA) is 60.9 Å². The molecule has 1 aromatic carbocycles. The van der Waals surface area contributed by atoms with Crippen molar-refractivity contribution in [1.82, 2.24) is 14.1 Å². The minimum absolute atomic E-state index is 0.0885. The summed E-state index contributed by atoms with van der Waals surface area (Å²) >= 11 is 0. The first-order valence-electron chi connectivity index (χ1n) is 7.72. The molecule has 1 aliphatic heterocycles. The number of carbonyl (C=O) groups excluding carboxylic acids is 1. The zero-order chi connectivity index (χ0) is 17.0. The van der Waals surface area contributed by atoms with Crippen molar-refractivity contribution in [2.24, 2.45) is 0 Å². The number of hydrogen-bond acceptors (Lipinski definition) is 4. The molecule has 0 unspecified atom stereocenters. The van der Waals surface area contributed by atoms with E-state index in [1.807, 2.05) is 37.2 Å². The van der Waals surface area contributed by atoms with Gasteiger partial charge in [-0.2, -0.15) is 4.31 Å². The SMILES string of the molecule is CN(C)CCN(CC(=O)N1CCc2ccccc2C1)S(C)(=O)=O. The Balaban J connectivity index is 2.02. The third kappa shape index (κ3) is 5.02. The maximum atomic E-state index is 12.5. The van der Waals surface area contributed by atoms with Gasteiger partial charge in [0.2, 0.25) is 15.9 Å². The Labute approximate surface area is 138 Å². The van der Waals surface area contributed by atoms with Crippen LogP contribution in [0.15, 0.2) is 24.3 Å². The number of carbonyl (C=O) groups is 1. The maximum absolute atomic E-state index is 12.5. The predicted molar refractivity (Wildman–Crippen MR) is 90.5 cm³/mol. The molecule has 1 aliphatic rings. The zero-order valence-electron chi connectivity index (χ0n) is 14.0. The number of fused-ring (bicyclic) bond motifs is 1. The van der Waals surface area contributed by atoms with E-state index in [9.17, 15) is 13.2 Å². The second kappa shape index (κ2) is 7.42. The van der Waals surface area contributed by atoms with Crippen molar-refractivity contribution in [2.45, 2.75) is 13.0 Å². The molecule has 128 valence electrons. The Kier molecular flexibility index (Phi) is 5.78. The van der Waals surface area contributed by atoms with Crippen molar-refractivity contribution < 1.29 is 13.2 Å². The fraction of sp³-hybridized carbons (Fsp3) is 0.562. The molecule has 0 N–H and O–H groups in total. The first-order chi connectivity index (χ1) is 10.8. The summed E-state index contributed by atoms with van der Waals surface area (Å²) < 4.78 is 25.1. The van der Waals surface area contributed by atoms with Crippen LogP contribution in [0.25, 0.3) is 0 Å². The van der Waals surface area contributed by atoms with Gasteiger partial charge in [0.1, 0.15) is 0 Å². The van der Waals surface area contributed by atoms with Gasteiger partial charge in [-0.15, -0.1) is 0 Å². The molecule has 23 heavy (non-hydrogen) atoms. The molecule has 0 spiro atoms. The molecule has 0 atom stereocenters. The van der Waals surface area contributed by atoms with Crippen LogP contribution in [-0.4, -0.2) is 75.0 Å². The summed E-state index contributed by atoms with van der Waals surface area (Å²) in [7, 11) is 0.362. The predicted octanol–water partition coefficient (Wildman–Crippen LogP) is 0.395. The van der Waals surface area contributed by atoms with E-state index in [0.29, 0.717) is 26.2 Å². The van der Waals surface area contributed by atoms with E-state index >= 15 is 0 Å². The van der Waals surface area contributed by atoms with Gasteiger partial charge in [-0.05, 0) is 31.6 Å². The van der Waals surface area contributed by atoms with Crippen LogP contribution in [0.3, 0.4) is 0 Å². The Morgan fingerprint density at radius 2 is 1.83 bits per heavy atom. The molecule has 0 fully saturated rings. The monoisotopic (exact) mass is 339 g/mol. The van der Waals surface area contributed by atoms with Crippen LogP contribution >= 0.6 is 0 Å². The fourth-order valence-corrected chi connectivity index (χ4v) is 3.39. The standard InChI is InChI=1S/C16H25N3O3S/c1-17(2)10-11-19(23(3,21)22)13-16(20)18-9-8-14-6-4-5-7-15(14)12-18/h4-7H,8-13H2,1-3H3. The van der Waals surface area contributed by atoms with Crippen LogP contribution in [-0.2, 0) is 27.8 Å². The molecular weight excluding hydrogens is 314 g/mol. The van der Waals surface area contributed by atoms with Gasteiger partial charge in [0, 0.05) is 26.2 Å². The quantitative estimate of drug-likeness (QED) is 0.752. The molecule has 0 saturated carbocycles. The van der Waals surface area contributed by atoms with Gasteiger partial charge in [-0.3, -0.25) is 4.79 Å². The van der Waals surface area contributed by atoms with Gasteiger partial charge in [-0.25, -0.2) is 8.42 Å². The van der Waals surface area contributed by atoms with Crippen LogP contribution < -0.4 is 0 Å². The van der Waals surface area contributed by atoms with Gasteiger partial charge in [0.05, 0.1) is 12.8 Å². The Hall–Kier alpha value is -1.44. The highest BCUT2D eigenvalue weighted by molar-refractivity contribution is 7.88. The first-order valence-corrected chi connectivity index (χ1v) is 9.56. The molecule has 0 aliphatic carbocycles. The molecule has 7 heteroatoms. The van der Waals surface area contributed by atoms with Crippen molar-refractivity contribution in [3.63, 3.8) is 0 Å². The number of sulfonamides is 1. The highest BCUT2D eigenvalue weighted by atomic mass is 32.2. The minimum atomic E-state index is -3.40. The van der Waals surface area contributed by atoms with Crippen LogP contribution in [0.2, 0.25) is 0 Å². The second-order valence-corrected chi connectivity index (χ2v) is 8.22. The molecule has 0 radical (unpaired) electrons. The number of nitrogens with zero attached hydrogens (tertiary/aromatic N) is 3. The first kappa shape index (κ1) is 17.9. The Morgan fingerprint density at radius 1 is 1.17 bits per heavy atom. The third-order valence-electron chi connectivity index (χ3n) is 4.06. The number of rotatable bonds is 6. The summed E-state index contributed by atoms with van der Waals surface area (Å²) in [6.07, 6.45) is 1.97. The summed E-state index contributed by atoms with van der Waals surface area (Å²) in [5.41, 5.74) is 2.41. The number of benzene rings is 1. The number of hydrogen-bond donors (Lipinski definition) is 0. The summed E-state index contributed by atoms with van der Waals surface area (Å²) in [5.74, 6) is -0.135. The van der Waals surface area contributed by atoms with E-state index in [1.165, 1.54) is 9.87 Å². The van der Waals surface area contributed by atoms with Crippen molar-refractivity contribution in [3.8, 4) is 0 Å². The lowest BCUT2D eigenvalue weighted by molar-refractivity contribution is -0.132. The van der Waals surface area contributed by atoms with E-state index in [0.717, 1.165) is 18.2 Å². The average molecular weight is 339 g/mol. The lowest BCUT2D eigenvalue weighted by Gasteiger charge is -2.31. The molecule has 1 heterocycles. The largest absolute Gasteiger partial charge is 0.337 e. The van der Waals surface area contributed by atoms with Crippen LogP contribution in [0, 0.1) is 0 Å². The van der Waals surface area contributed by atoms with Gasteiger partial charge >= 0.3 is 0 Å². The van der Waals surface area contributed by atoms with Gasteiger partial charge in [0.25, 0.3) is 0 Å². The normalized spacial score (nSPS) is 15.1. The summed E-state index contributed by atoms with van der Waals surface area (Å²) in [5, 5.41) is 0. The number of amides is 1. The number of likely N-dealkylation sites (N-methyl/N-ethyl adjacent to an activating group) is 1. The Morgan fingerprint density at radius 3 is 2.43 bits per heavy atom. The molecule has 1 amide bonds. The summed E-state index contributed by atoms with van der Waals surface area (Å²) in [4.78, 5) is 16.2. The average Bonchev–Trinajstić information content (AvgIpc) is 2.49. The van der Waals surface area contributed by atoms with E-state index in [4.69, 9.17) is 0 Å². The minimum Gasteiger partial charge on any atom is -0.337 e. The van der Waals surface area contributed by atoms with Gasteiger partial charge < -0.3 is 9.80 Å². The van der Waals surface area contributed by atoms with E-state index in [-0.39, 0.29) is 12.5 Å². The van der Waals surface area contributed by atoms with Gasteiger partial charge in [-0.1, -0.05) is 24.3 Å². The lowest BCUT2D eigenvalue weighted by Crippen LogP contribution is -2.46. The van der Waals surface area contributed by atoms with Crippen LogP contribution in [0.1, 0.15) is 11.1 Å². The van der Waals surface area contributed by atoms with Crippen molar-refractivity contribution in [3.05, 3.63) is 35.4 Å². The summed E-state index contributed by atoms with van der Waals surface area (Å²) in [6.45, 7) is 2.02. The van der Waals surface area contributed by atoms with E-state index in [2.05, 4.69) is 6.07 Å². The smallest absolute Gasteiger partial charge is 0.238 e. The van der Waals surface area contributed by atoms with Crippen molar-refractivity contribution in [2.75, 3.05) is 46.5 Å². The lowest BCUT2D eigenvalue weighted by atomic mass is 10.00. The van der Waals surface area contributed by atoms with Crippen molar-refractivity contribution in [1.29, 1.82) is 0 Å². The molecule has 0 bridgehead atoms. The van der Waals surface area contributed by atoms with Gasteiger partial charge in [0.15, 0.2) is 0 Å². The fourth-order valence-electron chi connectivity index (χ4n) is 2.63. The van der Waals surface area contributed by atoms with E-state index < -0.39 is 10.0 Å². The highest BCUT2D eigenvalue weighted by Gasteiger charge is 2.25. The zero-order valence-corrected chi connectivity index (χ0v) is 14.8. The highest BCUT2D eigenvalue weighted by Crippen LogP contribution is 2.18. The van der Waals surface area contributed by atoms with E-state index in [1.54, 1.807) is 4.90 Å². The molecule has 0 aromatic heterocycles. The van der Waals surface area contributed by atoms with Crippen LogP contribution in [0.4, 0.5) is 0 Å². The third-order valence-corrected chi connectivity index (χ3v) is 5.31. The molecule has 1 aromatic rings. The van der Waals surface area contributed by atoms with Crippen molar-refractivity contribution >= 4 is 15.9 Å². The molecule has 2 rings (SSSR count). The summed E-state index contributed by atoms with van der Waals surface area (Å²) in [6, 6.07) is 8.07. The molecule has 0 saturated heterocycles. The maximum Gasteiger partial charge on any atom is 0.238 e. The molecule has 6 nitrogen and oxygen atoms in total.